The lowest BCUT2D eigenvalue weighted by Crippen LogP contribution is -2.45. The topological polar surface area (TPSA) is 50.4 Å². The van der Waals surface area contributed by atoms with Crippen molar-refractivity contribution in [3.63, 3.8) is 0 Å². The minimum Gasteiger partial charge on any atom is -0.370 e. The van der Waals surface area contributed by atoms with Crippen molar-refractivity contribution in [1.29, 1.82) is 0 Å². The Kier molecular flexibility index (Phi) is 6.05. The number of aliphatic imine (C=N–C) groups is 1. The number of nitrogens with two attached hydrogens (primary N) is 1. The Bertz CT molecular complexity index is 425. The van der Waals surface area contributed by atoms with Crippen LogP contribution in [0.15, 0.2) is 29.3 Å². The SMILES string of the molecule is CC(C)c1ccc(CCCN=C(N)NC(C)(C)C)cc1. The molecule has 112 valence electrons. The van der Waals surface area contributed by atoms with Crippen LogP contribution in [-0.4, -0.2) is 18.0 Å². The van der Waals surface area contributed by atoms with Crippen molar-refractivity contribution in [2.24, 2.45) is 10.7 Å². The summed E-state index contributed by atoms with van der Waals surface area (Å²) in [5.41, 5.74) is 8.57. The quantitative estimate of drug-likeness (QED) is 0.491. The zero-order chi connectivity index (χ0) is 15.2. The van der Waals surface area contributed by atoms with E-state index in [0.717, 1.165) is 19.4 Å². The third kappa shape index (κ3) is 6.60. The molecule has 3 nitrogen and oxygen atoms in total. The summed E-state index contributed by atoms with van der Waals surface area (Å²) in [5, 5.41) is 3.17. The number of aryl methyl sites for hydroxylation is 1. The third-order valence-corrected chi connectivity index (χ3v) is 3.06. The highest BCUT2D eigenvalue weighted by atomic mass is 15.1. The van der Waals surface area contributed by atoms with Crippen molar-refractivity contribution in [3.8, 4) is 0 Å². The van der Waals surface area contributed by atoms with Crippen molar-refractivity contribution in [1.82, 2.24) is 5.32 Å². The van der Waals surface area contributed by atoms with E-state index in [1.54, 1.807) is 0 Å². The number of benzene rings is 1. The van der Waals surface area contributed by atoms with Gasteiger partial charge in [-0.25, -0.2) is 0 Å². The first-order valence-corrected chi connectivity index (χ1v) is 7.45. The van der Waals surface area contributed by atoms with E-state index in [9.17, 15) is 0 Å². The summed E-state index contributed by atoms with van der Waals surface area (Å²) in [7, 11) is 0. The van der Waals surface area contributed by atoms with Crippen molar-refractivity contribution in [2.45, 2.75) is 58.9 Å². The first-order chi connectivity index (χ1) is 9.28. The fourth-order valence-corrected chi connectivity index (χ4v) is 1.98. The highest BCUT2D eigenvalue weighted by Crippen LogP contribution is 2.15. The molecule has 0 unspecified atom stereocenters. The maximum absolute atomic E-state index is 5.83. The summed E-state index contributed by atoms with van der Waals surface area (Å²) in [4.78, 5) is 4.35. The van der Waals surface area contributed by atoms with Gasteiger partial charge < -0.3 is 11.1 Å². The van der Waals surface area contributed by atoms with Gasteiger partial charge in [-0.15, -0.1) is 0 Å². The van der Waals surface area contributed by atoms with E-state index >= 15 is 0 Å². The van der Waals surface area contributed by atoms with Crippen molar-refractivity contribution >= 4 is 5.96 Å². The van der Waals surface area contributed by atoms with E-state index in [-0.39, 0.29) is 5.54 Å². The van der Waals surface area contributed by atoms with Gasteiger partial charge in [0, 0.05) is 12.1 Å². The molecule has 0 bridgehead atoms. The van der Waals surface area contributed by atoms with Gasteiger partial charge in [0.15, 0.2) is 5.96 Å². The van der Waals surface area contributed by atoms with Crippen LogP contribution in [-0.2, 0) is 6.42 Å². The first kappa shape index (κ1) is 16.5. The van der Waals surface area contributed by atoms with E-state index in [1.807, 2.05) is 0 Å². The van der Waals surface area contributed by atoms with E-state index in [0.29, 0.717) is 11.9 Å². The molecule has 20 heavy (non-hydrogen) atoms. The third-order valence-electron chi connectivity index (χ3n) is 3.06. The summed E-state index contributed by atoms with van der Waals surface area (Å²) in [5.74, 6) is 1.13. The lowest BCUT2D eigenvalue weighted by atomic mass is 10.0. The molecule has 3 N–H and O–H groups in total. The molecule has 1 aromatic carbocycles. The van der Waals surface area contributed by atoms with Crippen LogP contribution in [0.1, 0.15) is 58.1 Å². The van der Waals surface area contributed by atoms with Gasteiger partial charge in [0.1, 0.15) is 0 Å². The Morgan fingerprint density at radius 1 is 1.20 bits per heavy atom. The second kappa shape index (κ2) is 7.32. The fraction of sp³-hybridized carbons (Fsp3) is 0.588. The smallest absolute Gasteiger partial charge is 0.188 e. The molecule has 0 amide bonds. The Morgan fingerprint density at radius 2 is 1.80 bits per heavy atom. The second-order valence-electron chi connectivity index (χ2n) is 6.64. The zero-order valence-electron chi connectivity index (χ0n) is 13.5. The molecule has 0 atom stereocenters. The Labute approximate surface area is 123 Å². The number of hydrogen-bond donors (Lipinski definition) is 2. The predicted octanol–water partition coefficient (Wildman–Crippen LogP) is 3.45. The molecule has 1 rings (SSSR count). The normalized spacial score (nSPS) is 12.8. The van der Waals surface area contributed by atoms with E-state index in [1.165, 1.54) is 11.1 Å². The Hall–Kier alpha value is -1.51. The van der Waals surface area contributed by atoms with Gasteiger partial charge in [0.05, 0.1) is 0 Å². The molecule has 0 aromatic heterocycles. The molecule has 0 heterocycles. The number of nitrogens with one attached hydrogen (secondary N) is 1. The number of nitrogens with zero attached hydrogens (tertiary/aromatic N) is 1. The van der Waals surface area contributed by atoms with Crippen LogP contribution >= 0.6 is 0 Å². The molecule has 0 aliphatic rings. The number of guanidine groups is 1. The summed E-state index contributed by atoms with van der Waals surface area (Å²) in [6.45, 7) is 11.4. The average Bonchev–Trinajstić information content (AvgIpc) is 2.33. The Balaban J connectivity index is 2.35. The van der Waals surface area contributed by atoms with Crippen molar-refractivity contribution < 1.29 is 0 Å². The fourth-order valence-electron chi connectivity index (χ4n) is 1.98. The van der Waals surface area contributed by atoms with Crippen LogP contribution in [0.5, 0.6) is 0 Å². The predicted molar refractivity (Wildman–Crippen MR) is 88.2 cm³/mol. The molecular weight excluding hydrogens is 246 g/mol. The summed E-state index contributed by atoms with van der Waals surface area (Å²) in [6, 6.07) is 8.88. The summed E-state index contributed by atoms with van der Waals surface area (Å²) in [6.07, 6.45) is 2.07. The minimum atomic E-state index is -0.0275. The molecule has 0 aliphatic carbocycles. The highest BCUT2D eigenvalue weighted by molar-refractivity contribution is 5.78. The van der Waals surface area contributed by atoms with E-state index < -0.39 is 0 Å². The van der Waals surface area contributed by atoms with E-state index in [4.69, 9.17) is 5.73 Å². The molecule has 1 aromatic rings. The molecule has 0 spiro atoms. The number of rotatable bonds is 5. The average molecular weight is 275 g/mol. The second-order valence-corrected chi connectivity index (χ2v) is 6.64. The van der Waals surface area contributed by atoms with Crippen LogP contribution in [0.3, 0.4) is 0 Å². The summed E-state index contributed by atoms with van der Waals surface area (Å²) >= 11 is 0. The summed E-state index contributed by atoms with van der Waals surface area (Å²) < 4.78 is 0. The van der Waals surface area contributed by atoms with Crippen LogP contribution in [0.4, 0.5) is 0 Å². The van der Waals surface area contributed by atoms with Crippen LogP contribution < -0.4 is 11.1 Å². The zero-order valence-corrected chi connectivity index (χ0v) is 13.5. The van der Waals surface area contributed by atoms with Crippen molar-refractivity contribution in [3.05, 3.63) is 35.4 Å². The van der Waals surface area contributed by atoms with Gasteiger partial charge in [-0.1, -0.05) is 38.1 Å². The van der Waals surface area contributed by atoms with E-state index in [2.05, 4.69) is 69.2 Å². The lowest BCUT2D eigenvalue weighted by molar-refractivity contribution is 0.508. The van der Waals surface area contributed by atoms with Gasteiger partial charge in [0.2, 0.25) is 0 Å². The maximum Gasteiger partial charge on any atom is 0.188 e. The Morgan fingerprint density at radius 3 is 2.30 bits per heavy atom. The van der Waals surface area contributed by atoms with Gasteiger partial charge in [-0.2, -0.15) is 0 Å². The van der Waals surface area contributed by atoms with Gasteiger partial charge >= 0.3 is 0 Å². The molecule has 0 saturated heterocycles. The van der Waals surface area contributed by atoms with Crippen LogP contribution in [0.2, 0.25) is 0 Å². The first-order valence-electron chi connectivity index (χ1n) is 7.45. The van der Waals surface area contributed by atoms with Gasteiger partial charge in [-0.3, -0.25) is 4.99 Å². The molecule has 0 aliphatic heterocycles. The number of hydrogen-bond acceptors (Lipinski definition) is 1. The van der Waals surface area contributed by atoms with Gasteiger partial charge in [0.25, 0.3) is 0 Å². The molecular formula is C17H29N3. The largest absolute Gasteiger partial charge is 0.370 e. The highest BCUT2D eigenvalue weighted by Gasteiger charge is 2.09. The maximum atomic E-state index is 5.83. The van der Waals surface area contributed by atoms with Crippen molar-refractivity contribution in [2.75, 3.05) is 6.54 Å². The van der Waals surface area contributed by atoms with Gasteiger partial charge in [-0.05, 0) is 50.7 Å². The van der Waals surface area contributed by atoms with Crippen LogP contribution in [0, 0.1) is 0 Å². The standard InChI is InChI=1S/C17H29N3/c1-13(2)15-10-8-14(9-11-15)7-6-12-19-16(18)20-17(3,4)5/h8-11,13H,6-7,12H2,1-5H3,(H3,18,19,20). The molecule has 0 saturated carbocycles. The molecule has 0 radical (unpaired) electrons. The molecule has 3 heteroatoms. The lowest BCUT2D eigenvalue weighted by Gasteiger charge is -2.20. The minimum absolute atomic E-state index is 0.0275. The van der Waals surface area contributed by atoms with Crippen LogP contribution in [0.25, 0.3) is 0 Å². The molecule has 0 fully saturated rings. The monoisotopic (exact) mass is 275 g/mol.